The Morgan fingerprint density at radius 2 is 1.31 bits per heavy atom. The molecule has 0 radical (unpaired) electrons. The summed E-state index contributed by atoms with van der Waals surface area (Å²) < 4.78 is 6.32. The van der Waals surface area contributed by atoms with Gasteiger partial charge in [0.25, 0.3) is 0 Å². The summed E-state index contributed by atoms with van der Waals surface area (Å²) in [7, 11) is 0. The van der Waals surface area contributed by atoms with Crippen LogP contribution in [0.1, 0.15) is 109 Å². The molecule has 0 saturated carbocycles. The minimum Gasteiger partial charge on any atom is -0.491 e. The van der Waals surface area contributed by atoms with E-state index in [4.69, 9.17) is 4.74 Å². The molecule has 0 aliphatic carbocycles. The Bertz CT molecular complexity index is 1350. The van der Waals surface area contributed by atoms with E-state index in [-0.39, 0.29) is 6.10 Å². The molecule has 222 valence electrons. The lowest BCUT2D eigenvalue weighted by atomic mass is 9.78. The third kappa shape index (κ3) is 8.37. The fraction of sp³-hybridized carbons (Fsp3) is 0.415. The Labute approximate surface area is 256 Å². The maximum Gasteiger partial charge on any atom is 0.119 e. The topological polar surface area (TPSA) is 9.23 Å². The van der Waals surface area contributed by atoms with Crippen molar-refractivity contribution in [1.82, 2.24) is 0 Å². The highest BCUT2D eigenvalue weighted by atomic mass is 16.5. The van der Waals surface area contributed by atoms with E-state index in [1.54, 1.807) is 0 Å². The zero-order valence-electron chi connectivity index (χ0n) is 26.8. The summed E-state index contributed by atoms with van der Waals surface area (Å²) in [5.41, 5.74) is 10.7. The van der Waals surface area contributed by atoms with Crippen molar-refractivity contribution in [2.75, 3.05) is 0 Å². The van der Waals surface area contributed by atoms with Gasteiger partial charge in [-0.15, -0.1) is 0 Å². The van der Waals surface area contributed by atoms with E-state index in [1.165, 1.54) is 102 Å². The second kappa shape index (κ2) is 16.4. The molecule has 0 spiro atoms. The zero-order chi connectivity index (χ0) is 29.7. The largest absolute Gasteiger partial charge is 0.491 e. The van der Waals surface area contributed by atoms with Crippen LogP contribution in [0.2, 0.25) is 0 Å². The number of benzene rings is 4. The minimum absolute atomic E-state index is 0.229. The average Bonchev–Trinajstić information content (AvgIpc) is 3.02. The monoisotopic (exact) mass is 560 g/mol. The van der Waals surface area contributed by atoms with Gasteiger partial charge in [0.05, 0.1) is 6.10 Å². The van der Waals surface area contributed by atoms with E-state index >= 15 is 0 Å². The molecule has 1 unspecified atom stereocenters. The Kier molecular flexibility index (Phi) is 12.3. The van der Waals surface area contributed by atoms with Gasteiger partial charge in [-0.3, -0.25) is 0 Å². The van der Waals surface area contributed by atoms with Crippen molar-refractivity contribution in [3.63, 3.8) is 0 Å². The molecule has 1 heteroatoms. The smallest absolute Gasteiger partial charge is 0.119 e. The molecule has 0 bridgehead atoms. The first-order chi connectivity index (χ1) is 20.5. The fourth-order valence-corrected chi connectivity index (χ4v) is 6.33. The third-order valence-electron chi connectivity index (χ3n) is 8.56. The molecule has 4 rings (SSSR count). The second-order valence-electron chi connectivity index (χ2n) is 12.1. The van der Waals surface area contributed by atoms with Crippen LogP contribution in [-0.2, 0) is 0 Å². The van der Waals surface area contributed by atoms with Gasteiger partial charge in [0, 0.05) is 0 Å². The summed E-state index contributed by atoms with van der Waals surface area (Å²) in [6, 6.07) is 33.8. The first-order valence-electron chi connectivity index (χ1n) is 16.6. The molecule has 0 amide bonds. The number of hydrogen-bond donors (Lipinski definition) is 0. The molecule has 4 aromatic carbocycles. The highest BCUT2D eigenvalue weighted by molar-refractivity contribution is 5.96. The molecule has 0 heterocycles. The number of ether oxygens (including phenoxy) is 1. The van der Waals surface area contributed by atoms with Crippen LogP contribution in [0.5, 0.6) is 5.75 Å². The SMILES string of the molecule is CCCCCCC(CCC)c1ccc(-c2ccccc2)c(-c2cccc(C)c2)c1-c1ccc(O[C@@H](C)CCCC)cc1. The van der Waals surface area contributed by atoms with Crippen molar-refractivity contribution in [1.29, 1.82) is 0 Å². The van der Waals surface area contributed by atoms with E-state index in [9.17, 15) is 0 Å². The van der Waals surface area contributed by atoms with Gasteiger partial charge in [0.1, 0.15) is 5.75 Å². The Balaban J connectivity index is 1.90. The highest BCUT2D eigenvalue weighted by Gasteiger charge is 2.23. The lowest BCUT2D eigenvalue weighted by molar-refractivity contribution is 0.207. The summed E-state index contributed by atoms with van der Waals surface area (Å²) in [6.07, 6.45) is 12.6. The number of unbranched alkanes of at least 4 members (excludes halogenated alkanes) is 4. The van der Waals surface area contributed by atoms with Crippen LogP contribution >= 0.6 is 0 Å². The Hall–Kier alpha value is -3.32. The third-order valence-corrected chi connectivity index (χ3v) is 8.56. The van der Waals surface area contributed by atoms with E-state index in [0.29, 0.717) is 5.92 Å². The van der Waals surface area contributed by atoms with Crippen LogP contribution in [0.15, 0.2) is 91.0 Å². The molecule has 2 atom stereocenters. The molecular weight excluding hydrogens is 508 g/mol. The minimum atomic E-state index is 0.229. The lowest BCUT2D eigenvalue weighted by Gasteiger charge is -2.26. The maximum atomic E-state index is 6.32. The summed E-state index contributed by atoms with van der Waals surface area (Å²) >= 11 is 0. The molecule has 1 nitrogen and oxygen atoms in total. The van der Waals surface area contributed by atoms with Crippen molar-refractivity contribution in [2.24, 2.45) is 0 Å². The zero-order valence-corrected chi connectivity index (χ0v) is 26.8. The van der Waals surface area contributed by atoms with Crippen LogP contribution < -0.4 is 4.74 Å². The number of hydrogen-bond acceptors (Lipinski definition) is 1. The van der Waals surface area contributed by atoms with Crippen LogP contribution in [0.4, 0.5) is 0 Å². The molecule has 0 N–H and O–H groups in total. The molecule has 0 fully saturated rings. The van der Waals surface area contributed by atoms with Crippen molar-refractivity contribution < 1.29 is 4.74 Å². The van der Waals surface area contributed by atoms with Crippen LogP contribution in [0.3, 0.4) is 0 Å². The number of rotatable bonds is 16. The van der Waals surface area contributed by atoms with E-state index < -0.39 is 0 Å². The van der Waals surface area contributed by atoms with Crippen molar-refractivity contribution in [2.45, 2.75) is 111 Å². The average molecular weight is 561 g/mol. The molecule has 4 aromatic rings. The fourth-order valence-electron chi connectivity index (χ4n) is 6.33. The Morgan fingerprint density at radius 1 is 0.571 bits per heavy atom. The van der Waals surface area contributed by atoms with Gasteiger partial charge in [-0.1, -0.05) is 150 Å². The van der Waals surface area contributed by atoms with Gasteiger partial charge in [0.15, 0.2) is 0 Å². The molecule has 0 aliphatic heterocycles. The lowest BCUT2D eigenvalue weighted by Crippen LogP contribution is -2.11. The number of aryl methyl sites for hydroxylation is 1. The first kappa shape index (κ1) is 31.6. The predicted molar refractivity (Wildman–Crippen MR) is 184 cm³/mol. The maximum absolute atomic E-state index is 6.32. The van der Waals surface area contributed by atoms with Gasteiger partial charge in [0.2, 0.25) is 0 Å². The van der Waals surface area contributed by atoms with E-state index in [0.717, 1.165) is 12.2 Å². The normalized spacial score (nSPS) is 12.7. The van der Waals surface area contributed by atoms with Crippen molar-refractivity contribution in [3.8, 4) is 39.1 Å². The highest BCUT2D eigenvalue weighted by Crippen LogP contribution is 2.46. The van der Waals surface area contributed by atoms with Crippen LogP contribution in [0, 0.1) is 6.92 Å². The van der Waals surface area contributed by atoms with Crippen molar-refractivity contribution >= 4 is 0 Å². The first-order valence-corrected chi connectivity index (χ1v) is 16.6. The quantitative estimate of drug-likeness (QED) is 0.124. The van der Waals surface area contributed by atoms with Gasteiger partial charge in [-0.2, -0.15) is 0 Å². The standard InChI is InChI=1S/C41H52O/c1-6-9-11-13-20-33(17-8-3)38-28-29-39(34-21-14-12-15-22-34)41(36-23-16-18-31(4)30-36)40(38)35-24-26-37(27-25-35)42-32(5)19-10-7-2/h12,14-16,18,21-30,32-33H,6-11,13,17,19-20H2,1-5H3/t32-,33?/m0/s1. The van der Waals surface area contributed by atoms with Gasteiger partial charge >= 0.3 is 0 Å². The van der Waals surface area contributed by atoms with Gasteiger partial charge in [-0.25, -0.2) is 0 Å². The Morgan fingerprint density at radius 3 is 2.00 bits per heavy atom. The molecule has 0 saturated heterocycles. The molecule has 0 aromatic heterocycles. The summed E-state index contributed by atoms with van der Waals surface area (Å²) in [5.74, 6) is 1.50. The van der Waals surface area contributed by atoms with Crippen LogP contribution in [-0.4, -0.2) is 6.10 Å². The molecule has 0 aliphatic rings. The summed E-state index contributed by atoms with van der Waals surface area (Å²) in [4.78, 5) is 0. The summed E-state index contributed by atoms with van der Waals surface area (Å²) in [5, 5.41) is 0. The predicted octanol–water partition coefficient (Wildman–Crippen LogP) is 12.8. The second-order valence-corrected chi connectivity index (χ2v) is 12.1. The summed E-state index contributed by atoms with van der Waals surface area (Å²) in [6.45, 7) is 11.3. The van der Waals surface area contributed by atoms with Gasteiger partial charge in [-0.05, 0) is 90.1 Å². The van der Waals surface area contributed by atoms with Crippen molar-refractivity contribution in [3.05, 3.63) is 102 Å². The molecule has 42 heavy (non-hydrogen) atoms. The van der Waals surface area contributed by atoms with E-state index in [2.05, 4.69) is 126 Å². The van der Waals surface area contributed by atoms with Crippen LogP contribution in [0.25, 0.3) is 33.4 Å². The van der Waals surface area contributed by atoms with E-state index in [1.807, 2.05) is 0 Å². The molecular formula is C41H52O. The van der Waals surface area contributed by atoms with Gasteiger partial charge < -0.3 is 4.74 Å².